The van der Waals surface area contributed by atoms with Crippen LogP contribution < -0.4 is 0 Å². The highest BCUT2D eigenvalue weighted by Crippen LogP contribution is 2.18. The van der Waals surface area contributed by atoms with Crippen LogP contribution in [0.3, 0.4) is 0 Å². The number of sulfone groups is 1. The number of rotatable bonds is 5. The normalized spacial score (nSPS) is 13.7. The van der Waals surface area contributed by atoms with Gasteiger partial charge in [0.05, 0.1) is 17.6 Å². The molecule has 0 aliphatic rings. The summed E-state index contributed by atoms with van der Waals surface area (Å²) in [5.41, 5.74) is 0.618. The van der Waals surface area contributed by atoms with Crippen LogP contribution in [0, 0.1) is 0 Å². The van der Waals surface area contributed by atoms with Gasteiger partial charge in [0.2, 0.25) is 0 Å². The van der Waals surface area contributed by atoms with Gasteiger partial charge in [-0.15, -0.1) is 11.8 Å². The first-order valence-electron chi connectivity index (χ1n) is 4.83. The van der Waals surface area contributed by atoms with E-state index in [-0.39, 0.29) is 5.75 Å². The molecule has 6 heteroatoms. The SMILES string of the molecule is C[C@@H](O)c1ccc(SCCS(C)(=O)=O)cn1. The average molecular weight is 261 g/mol. The van der Waals surface area contributed by atoms with Gasteiger partial charge >= 0.3 is 0 Å². The van der Waals surface area contributed by atoms with Crippen LogP contribution in [0.2, 0.25) is 0 Å². The van der Waals surface area contributed by atoms with Gasteiger partial charge in [0.25, 0.3) is 0 Å². The second-order valence-electron chi connectivity index (χ2n) is 3.57. The Morgan fingerprint density at radius 2 is 2.19 bits per heavy atom. The highest BCUT2D eigenvalue weighted by atomic mass is 32.2. The molecule has 1 N–H and O–H groups in total. The maximum atomic E-state index is 10.9. The van der Waals surface area contributed by atoms with Gasteiger partial charge in [0.1, 0.15) is 9.84 Å². The Hall–Kier alpha value is -0.590. The summed E-state index contributed by atoms with van der Waals surface area (Å²) >= 11 is 1.44. The summed E-state index contributed by atoms with van der Waals surface area (Å²) < 4.78 is 21.8. The molecule has 1 aromatic heterocycles. The standard InChI is InChI=1S/C10H15NO3S2/c1-8(12)10-4-3-9(7-11-10)15-5-6-16(2,13)14/h3-4,7-8,12H,5-6H2,1-2H3/t8-/m1/s1. The van der Waals surface area contributed by atoms with Crippen molar-refractivity contribution < 1.29 is 13.5 Å². The van der Waals surface area contributed by atoms with Crippen LogP contribution >= 0.6 is 11.8 Å². The Morgan fingerprint density at radius 1 is 1.50 bits per heavy atom. The largest absolute Gasteiger partial charge is 0.387 e. The second-order valence-corrected chi connectivity index (χ2v) is 7.00. The molecule has 0 aliphatic heterocycles. The van der Waals surface area contributed by atoms with Crippen LogP contribution in [0.1, 0.15) is 18.7 Å². The molecule has 0 saturated heterocycles. The van der Waals surface area contributed by atoms with E-state index in [4.69, 9.17) is 0 Å². The lowest BCUT2D eigenvalue weighted by Crippen LogP contribution is -2.05. The van der Waals surface area contributed by atoms with E-state index in [2.05, 4.69) is 4.98 Å². The molecule has 16 heavy (non-hydrogen) atoms. The molecule has 4 nitrogen and oxygen atoms in total. The number of aliphatic hydroxyl groups is 1. The fraction of sp³-hybridized carbons (Fsp3) is 0.500. The van der Waals surface area contributed by atoms with E-state index in [1.165, 1.54) is 18.0 Å². The Morgan fingerprint density at radius 3 is 2.62 bits per heavy atom. The molecule has 0 fully saturated rings. The fourth-order valence-corrected chi connectivity index (χ4v) is 3.11. The number of aromatic nitrogens is 1. The Balaban J connectivity index is 2.50. The topological polar surface area (TPSA) is 67.3 Å². The first-order valence-corrected chi connectivity index (χ1v) is 7.87. The molecule has 90 valence electrons. The quantitative estimate of drug-likeness (QED) is 0.809. The van der Waals surface area contributed by atoms with Crippen LogP contribution in [0.15, 0.2) is 23.2 Å². The highest BCUT2D eigenvalue weighted by molar-refractivity contribution is 8.00. The smallest absolute Gasteiger partial charge is 0.148 e. The van der Waals surface area contributed by atoms with Crippen molar-refractivity contribution in [1.29, 1.82) is 0 Å². The van der Waals surface area contributed by atoms with E-state index in [1.54, 1.807) is 19.2 Å². The van der Waals surface area contributed by atoms with Gasteiger partial charge in [-0.25, -0.2) is 8.42 Å². The zero-order valence-electron chi connectivity index (χ0n) is 9.25. The van der Waals surface area contributed by atoms with Gasteiger partial charge in [-0.3, -0.25) is 4.98 Å². The number of pyridine rings is 1. The lowest BCUT2D eigenvalue weighted by Gasteiger charge is -2.04. The van der Waals surface area contributed by atoms with Crippen molar-refractivity contribution in [3.05, 3.63) is 24.0 Å². The van der Waals surface area contributed by atoms with E-state index < -0.39 is 15.9 Å². The van der Waals surface area contributed by atoms with Gasteiger partial charge in [0, 0.05) is 23.1 Å². The van der Waals surface area contributed by atoms with Gasteiger partial charge < -0.3 is 5.11 Å². The minimum atomic E-state index is -2.90. The zero-order chi connectivity index (χ0) is 12.2. The first kappa shape index (κ1) is 13.5. The number of hydrogen-bond acceptors (Lipinski definition) is 5. The van der Waals surface area contributed by atoms with Crippen molar-refractivity contribution in [2.75, 3.05) is 17.8 Å². The van der Waals surface area contributed by atoms with Crippen molar-refractivity contribution in [2.45, 2.75) is 17.9 Å². The third-order valence-corrected chi connectivity index (χ3v) is 4.10. The third-order valence-electron chi connectivity index (χ3n) is 1.91. The Labute approximate surface area is 100 Å². The Bertz CT molecular complexity index is 426. The predicted octanol–water partition coefficient (Wildman–Crippen LogP) is 1.27. The monoisotopic (exact) mass is 261 g/mol. The molecule has 1 rings (SSSR count). The molecule has 1 aromatic rings. The van der Waals surface area contributed by atoms with Gasteiger partial charge in [-0.05, 0) is 19.1 Å². The molecule has 0 radical (unpaired) electrons. The molecule has 1 atom stereocenters. The molecule has 0 amide bonds. The minimum absolute atomic E-state index is 0.163. The van der Waals surface area contributed by atoms with E-state index >= 15 is 0 Å². The summed E-state index contributed by atoms with van der Waals surface area (Å²) in [5, 5.41) is 9.25. The first-order chi connectivity index (χ1) is 7.38. The molecule has 0 spiro atoms. The van der Waals surface area contributed by atoms with Crippen molar-refractivity contribution in [3.8, 4) is 0 Å². The highest BCUT2D eigenvalue weighted by Gasteiger charge is 2.04. The number of thioether (sulfide) groups is 1. The molecule has 0 saturated carbocycles. The van der Waals surface area contributed by atoms with E-state index in [0.717, 1.165) is 4.90 Å². The summed E-state index contributed by atoms with van der Waals surface area (Å²) in [5.74, 6) is 0.685. The number of aliphatic hydroxyl groups excluding tert-OH is 1. The van der Waals surface area contributed by atoms with E-state index in [9.17, 15) is 13.5 Å². The molecule has 0 bridgehead atoms. The molecule has 1 heterocycles. The average Bonchev–Trinajstić information content (AvgIpc) is 2.16. The maximum absolute atomic E-state index is 10.9. The zero-order valence-corrected chi connectivity index (χ0v) is 10.9. The summed E-state index contributed by atoms with van der Waals surface area (Å²) in [4.78, 5) is 4.98. The molecule has 0 aliphatic carbocycles. The molecule has 0 aromatic carbocycles. The predicted molar refractivity (Wildman–Crippen MR) is 65.3 cm³/mol. The Kier molecular flexibility index (Phi) is 4.76. The summed E-state index contributed by atoms with van der Waals surface area (Å²) in [6, 6.07) is 3.58. The summed E-state index contributed by atoms with van der Waals surface area (Å²) in [6.45, 7) is 1.65. The fourth-order valence-electron chi connectivity index (χ4n) is 1.04. The summed E-state index contributed by atoms with van der Waals surface area (Å²) in [7, 11) is -2.90. The second kappa shape index (κ2) is 5.65. The lowest BCUT2D eigenvalue weighted by molar-refractivity contribution is 0.194. The van der Waals surface area contributed by atoms with Crippen LogP contribution in [-0.2, 0) is 9.84 Å². The van der Waals surface area contributed by atoms with Crippen molar-refractivity contribution in [1.82, 2.24) is 4.98 Å². The maximum Gasteiger partial charge on any atom is 0.148 e. The summed E-state index contributed by atoms with van der Waals surface area (Å²) in [6.07, 6.45) is 2.30. The van der Waals surface area contributed by atoms with Crippen LogP contribution in [-0.4, -0.2) is 36.3 Å². The molecular formula is C10H15NO3S2. The van der Waals surface area contributed by atoms with Gasteiger partial charge in [-0.2, -0.15) is 0 Å². The van der Waals surface area contributed by atoms with Gasteiger partial charge in [0.15, 0.2) is 0 Å². The number of hydrogen-bond donors (Lipinski definition) is 1. The van der Waals surface area contributed by atoms with Crippen molar-refractivity contribution in [3.63, 3.8) is 0 Å². The van der Waals surface area contributed by atoms with Crippen LogP contribution in [0.5, 0.6) is 0 Å². The lowest BCUT2D eigenvalue weighted by atomic mass is 10.2. The van der Waals surface area contributed by atoms with Gasteiger partial charge in [-0.1, -0.05) is 0 Å². The van der Waals surface area contributed by atoms with E-state index in [0.29, 0.717) is 11.4 Å². The van der Waals surface area contributed by atoms with Crippen molar-refractivity contribution in [2.24, 2.45) is 0 Å². The molecular weight excluding hydrogens is 246 g/mol. The minimum Gasteiger partial charge on any atom is -0.387 e. The molecule has 0 unspecified atom stereocenters. The van der Waals surface area contributed by atoms with Crippen molar-refractivity contribution >= 4 is 21.6 Å². The van der Waals surface area contributed by atoms with E-state index in [1.807, 2.05) is 6.07 Å². The third kappa shape index (κ3) is 4.96. The van der Waals surface area contributed by atoms with Crippen LogP contribution in [0.4, 0.5) is 0 Å². The van der Waals surface area contributed by atoms with Crippen LogP contribution in [0.25, 0.3) is 0 Å². The number of nitrogens with zero attached hydrogens (tertiary/aromatic N) is 1.